The van der Waals surface area contributed by atoms with Crippen LogP contribution in [-0.2, 0) is 4.79 Å². The molecule has 1 unspecified atom stereocenters. The fraction of sp³-hybridized carbons (Fsp3) is 0.667. The zero-order chi connectivity index (χ0) is 6.36. The van der Waals surface area contributed by atoms with Gasteiger partial charge in [-0.25, -0.2) is 0 Å². The van der Waals surface area contributed by atoms with Crippen molar-refractivity contribution in [1.29, 1.82) is 0 Å². The first-order chi connectivity index (χ1) is 3.57. The first kappa shape index (κ1) is 5.48. The van der Waals surface area contributed by atoms with Crippen molar-refractivity contribution in [3.8, 4) is 0 Å². The Morgan fingerprint density at radius 1 is 1.75 bits per heavy atom. The molecule has 0 saturated heterocycles. The van der Waals surface area contributed by atoms with E-state index < -0.39 is 0 Å². The molecule has 1 atom stereocenters. The summed E-state index contributed by atoms with van der Waals surface area (Å²) in [6.07, 6.45) is 0. The minimum atomic E-state index is -0.389. The third-order valence-corrected chi connectivity index (χ3v) is 1.73. The maximum atomic E-state index is 10.6. The minimum absolute atomic E-state index is 0.148. The van der Waals surface area contributed by atoms with Crippen molar-refractivity contribution in [3.63, 3.8) is 0 Å². The molecule has 0 amide bonds. The maximum Gasteiger partial charge on any atom is 0.162 e. The summed E-state index contributed by atoms with van der Waals surface area (Å²) in [5.74, 6) is 0.148. The average Bonchev–Trinajstić information content (AvgIpc) is 2.17. The van der Waals surface area contributed by atoms with Crippen molar-refractivity contribution < 1.29 is 4.79 Å². The third kappa shape index (κ3) is 0.489. The molecule has 1 rings (SSSR count). The van der Waals surface area contributed by atoms with E-state index in [1.165, 1.54) is 0 Å². The molecule has 44 valence electrons. The van der Waals surface area contributed by atoms with Gasteiger partial charge in [0, 0.05) is 5.71 Å². The maximum absolute atomic E-state index is 10.6. The van der Waals surface area contributed by atoms with E-state index in [0.29, 0.717) is 0 Å². The number of hydrogen-bond donors (Lipinski definition) is 0. The van der Waals surface area contributed by atoms with Crippen molar-refractivity contribution in [2.45, 2.75) is 26.3 Å². The zero-order valence-electron chi connectivity index (χ0n) is 5.36. The second-order valence-corrected chi connectivity index (χ2v) is 2.33. The van der Waals surface area contributed by atoms with Crippen LogP contribution in [0.5, 0.6) is 0 Å². The van der Waals surface area contributed by atoms with Gasteiger partial charge in [0.05, 0.1) is 0 Å². The Morgan fingerprint density at radius 2 is 2.12 bits per heavy atom. The Labute approximate surface area is 48.6 Å². The van der Waals surface area contributed by atoms with Gasteiger partial charge in [-0.05, 0) is 20.8 Å². The Hall–Kier alpha value is -0.660. The summed E-state index contributed by atoms with van der Waals surface area (Å²) in [6, 6.07) is 0. The molecule has 1 heterocycles. The van der Waals surface area contributed by atoms with Gasteiger partial charge in [-0.15, -0.1) is 0 Å². The predicted octanol–water partition coefficient (Wildman–Crippen LogP) is 0.809. The molecule has 0 saturated carbocycles. The second kappa shape index (κ2) is 1.19. The molecule has 0 N–H and O–H groups in total. The molecule has 0 aromatic heterocycles. The number of rotatable bonds is 1. The van der Waals surface area contributed by atoms with Crippen LogP contribution >= 0.6 is 0 Å². The number of hydrogen-bond acceptors (Lipinski definition) is 2. The second-order valence-electron chi connectivity index (χ2n) is 2.33. The van der Waals surface area contributed by atoms with Crippen LogP contribution < -0.4 is 0 Å². The van der Waals surface area contributed by atoms with Crippen molar-refractivity contribution in [2.75, 3.05) is 0 Å². The largest absolute Gasteiger partial charge is 0.297 e. The first-order valence-corrected chi connectivity index (χ1v) is 2.65. The molecule has 0 radical (unpaired) electrons. The lowest BCUT2D eigenvalue weighted by Crippen LogP contribution is -2.21. The van der Waals surface area contributed by atoms with Crippen LogP contribution in [0.25, 0.3) is 0 Å². The Kier molecular flexibility index (Phi) is 0.813. The van der Waals surface area contributed by atoms with Crippen LogP contribution in [0.1, 0.15) is 20.8 Å². The van der Waals surface area contributed by atoms with Crippen molar-refractivity contribution in [3.05, 3.63) is 0 Å². The lowest BCUT2D eigenvalue weighted by molar-refractivity contribution is -0.118. The van der Waals surface area contributed by atoms with Gasteiger partial charge in [-0.1, -0.05) is 0 Å². The van der Waals surface area contributed by atoms with Gasteiger partial charge in [-0.3, -0.25) is 9.79 Å². The van der Waals surface area contributed by atoms with Gasteiger partial charge in [0.2, 0.25) is 0 Å². The highest BCUT2D eigenvalue weighted by atomic mass is 16.1. The predicted molar refractivity (Wildman–Crippen MR) is 32.2 cm³/mol. The summed E-state index contributed by atoms with van der Waals surface area (Å²) in [5, 5.41) is 0. The molecule has 0 aromatic carbocycles. The Morgan fingerprint density at radius 3 is 2.12 bits per heavy atom. The highest BCUT2D eigenvalue weighted by Gasteiger charge is 2.43. The molecular weight excluding hydrogens is 102 g/mol. The standard InChI is InChI=1S/C6H9NO/c1-4-6(3,7-4)5(2)8/h1-3H3. The molecule has 0 fully saturated rings. The monoisotopic (exact) mass is 111 g/mol. The van der Waals surface area contributed by atoms with E-state index in [2.05, 4.69) is 4.99 Å². The summed E-state index contributed by atoms with van der Waals surface area (Å²) in [6.45, 7) is 5.28. The van der Waals surface area contributed by atoms with Crippen LogP contribution in [-0.4, -0.2) is 17.0 Å². The number of aliphatic imine (C=N–C) groups is 1. The molecular formula is C6H9NO. The van der Waals surface area contributed by atoms with Crippen LogP contribution in [0, 0.1) is 0 Å². The van der Waals surface area contributed by atoms with Gasteiger partial charge in [0.1, 0.15) is 0 Å². The third-order valence-electron chi connectivity index (χ3n) is 1.73. The summed E-state index contributed by atoms with van der Waals surface area (Å²) in [4.78, 5) is 14.6. The molecule has 0 bridgehead atoms. The Bertz CT molecular complexity index is 171. The number of carbonyl (C=O) groups is 1. The summed E-state index contributed by atoms with van der Waals surface area (Å²) < 4.78 is 0. The van der Waals surface area contributed by atoms with E-state index in [-0.39, 0.29) is 11.3 Å². The highest BCUT2D eigenvalue weighted by molar-refractivity contribution is 6.21. The van der Waals surface area contributed by atoms with Gasteiger partial charge < -0.3 is 0 Å². The minimum Gasteiger partial charge on any atom is -0.297 e. The summed E-state index contributed by atoms with van der Waals surface area (Å²) in [7, 11) is 0. The zero-order valence-corrected chi connectivity index (χ0v) is 5.36. The van der Waals surface area contributed by atoms with Gasteiger partial charge in [0.15, 0.2) is 11.3 Å². The number of Topliss-reactive ketones (excluding diaryl/α,β-unsaturated/α-hetero) is 1. The lowest BCUT2D eigenvalue weighted by Gasteiger charge is -1.98. The normalized spacial score (nSPS) is 34.1. The molecule has 1 aliphatic heterocycles. The van der Waals surface area contributed by atoms with Crippen LogP contribution in [0.2, 0.25) is 0 Å². The quantitative estimate of drug-likeness (QED) is 0.492. The van der Waals surface area contributed by atoms with Crippen LogP contribution in [0.3, 0.4) is 0 Å². The van der Waals surface area contributed by atoms with Crippen molar-refractivity contribution in [2.24, 2.45) is 4.99 Å². The lowest BCUT2D eigenvalue weighted by atomic mass is 10.0. The van der Waals surface area contributed by atoms with E-state index in [9.17, 15) is 4.79 Å². The van der Waals surface area contributed by atoms with E-state index in [1.807, 2.05) is 13.8 Å². The average molecular weight is 111 g/mol. The van der Waals surface area contributed by atoms with Gasteiger partial charge >= 0.3 is 0 Å². The van der Waals surface area contributed by atoms with Crippen LogP contribution in [0.4, 0.5) is 0 Å². The molecule has 1 aliphatic rings. The Balaban J connectivity index is 2.64. The molecule has 2 nitrogen and oxygen atoms in total. The SMILES string of the molecule is CC(=O)C1(C)N=C1C. The first-order valence-electron chi connectivity index (χ1n) is 2.65. The fourth-order valence-corrected chi connectivity index (χ4v) is 0.641. The number of carbonyl (C=O) groups excluding carboxylic acids is 1. The fourth-order valence-electron chi connectivity index (χ4n) is 0.641. The topological polar surface area (TPSA) is 29.4 Å². The number of nitrogens with zero attached hydrogens (tertiary/aromatic N) is 1. The van der Waals surface area contributed by atoms with Gasteiger partial charge in [-0.2, -0.15) is 0 Å². The van der Waals surface area contributed by atoms with E-state index >= 15 is 0 Å². The number of ketones is 1. The van der Waals surface area contributed by atoms with E-state index in [1.54, 1.807) is 6.92 Å². The van der Waals surface area contributed by atoms with Crippen molar-refractivity contribution in [1.82, 2.24) is 0 Å². The molecule has 8 heavy (non-hydrogen) atoms. The molecule has 0 spiro atoms. The highest BCUT2D eigenvalue weighted by Crippen LogP contribution is 2.27. The van der Waals surface area contributed by atoms with Gasteiger partial charge in [0.25, 0.3) is 0 Å². The summed E-state index contributed by atoms with van der Waals surface area (Å²) in [5.41, 5.74) is 0.574. The molecule has 0 aromatic rings. The summed E-state index contributed by atoms with van der Waals surface area (Å²) >= 11 is 0. The smallest absolute Gasteiger partial charge is 0.162 e. The molecule has 0 aliphatic carbocycles. The van der Waals surface area contributed by atoms with E-state index in [4.69, 9.17) is 0 Å². The molecule has 2 heteroatoms. The van der Waals surface area contributed by atoms with Crippen molar-refractivity contribution >= 4 is 11.5 Å². The van der Waals surface area contributed by atoms with E-state index in [0.717, 1.165) is 5.71 Å². The van der Waals surface area contributed by atoms with Crippen LogP contribution in [0.15, 0.2) is 4.99 Å².